The van der Waals surface area contributed by atoms with Crippen molar-refractivity contribution in [2.24, 2.45) is 0 Å². The van der Waals surface area contributed by atoms with Crippen molar-refractivity contribution in [3.8, 4) is 5.75 Å². The fourth-order valence-electron chi connectivity index (χ4n) is 1.81. The number of rotatable bonds is 4. The Morgan fingerprint density at radius 3 is 2.86 bits per heavy atom. The number of hydrogen-bond acceptors (Lipinski definition) is 3. The smallest absolute Gasteiger partial charge is 0.130 e. The van der Waals surface area contributed by atoms with Gasteiger partial charge in [0.05, 0.1) is 0 Å². The lowest BCUT2D eigenvalue weighted by atomic mass is 10.1. The third kappa shape index (κ3) is 3.00. The van der Waals surface area contributed by atoms with Crippen molar-refractivity contribution in [2.75, 3.05) is 26.2 Å². The van der Waals surface area contributed by atoms with E-state index in [0.717, 1.165) is 18.9 Å². The molecule has 1 aliphatic heterocycles. The van der Waals surface area contributed by atoms with Gasteiger partial charge in [0.1, 0.15) is 12.4 Å². The van der Waals surface area contributed by atoms with Crippen molar-refractivity contribution in [1.82, 2.24) is 4.90 Å². The molecule has 0 aromatic carbocycles. The molecule has 0 aliphatic carbocycles. The van der Waals surface area contributed by atoms with Crippen LogP contribution in [0.3, 0.4) is 0 Å². The maximum Gasteiger partial charge on any atom is 0.130 e. The third-order valence-corrected chi connectivity index (χ3v) is 3.28. The number of hydrogen-bond donors (Lipinski definition) is 0. The number of ether oxygens (including phenoxy) is 1. The maximum absolute atomic E-state index is 5.62. The second kappa shape index (κ2) is 5.37. The van der Waals surface area contributed by atoms with Crippen molar-refractivity contribution in [1.29, 1.82) is 0 Å². The first kappa shape index (κ1) is 9.99. The minimum Gasteiger partial charge on any atom is -0.491 e. The van der Waals surface area contributed by atoms with Crippen LogP contribution in [-0.2, 0) is 0 Å². The monoisotopic (exact) mass is 211 g/mol. The van der Waals surface area contributed by atoms with Crippen LogP contribution in [0.25, 0.3) is 0 Å². The molecule has 78 valence electrons. The molecule has 0 atom stereocenters. The molecule has 0 unspecified atom stereocenters. The van der Waals surface area contributed by atoms with E-state index in [4.69, 9.17) is 4.74 Å². The third-order valence-electron chi connectivity index (χ3n) is 2.62. The molecule has 1 aliphatic rings. The van der Waals surface area contributed by atoms with Crippen LogP contribution in [0.5, 0.6) is 5.75 Å². The summed E-state index contributed by atoms with van der Waals surface area (Å²) in [6.07, 6.45) is 4.12. The molecule has 0 amide bonds. The zero-order chi connectivity index (χ0) is 9.64. The van der Waals surface area contributed by atoms with Crippen LogP contribution < -0.4 is 4.74 Å². The standard InChI is InChI=1S/C11H17NOS/c1-2-5-12(6-3-1)7-8-13-11-4-9-14-10-11/h4,9-10H,1-3,5-8H2. The van der Waals surface area contributed by atoms with Gasteiger partial charge in [-0.2, -0.15) is 0 Å². The highest BCUT2D eigenvalue weighted by atomic mass is 32.1. The molecule has 0 bridgehead atoms. The Kier molecular flexibility index (Phi) is 3.83. The quantitative estimate of drug-likeness (QED) is 0.759. The molecule has 14 heavy (non-hydrogen) atoms. The summed E-state index contributed by atoms with van der Waals surface area (Å²) in [4.78, 5) is 2.50. The summed E-state index contributed by atoms with van der Waals surface area (Å²) in [6.45, 7) is 4.42. The van der Waals surface area contributed by atoms with Gasteiger partial charge < -0.3 is 4.74 Å². The minimum absolute atomic E-state index is 0.830. The Morgan fingerprint density at radius 1 is 1.29 bits per heavy atom. The Balaban J connectivity index is 1.62. The van der Waals surface area contributed by atoms with Crippen molar-refractivity contribution in [2.45, 2.75) is 19.3 Å². The molecular formula is C11H17NOS. The highest BCUT2D eigenvalue weighted by molar-refractivity contribution is 7.08. The summed E-state index contributed by atoms with van der Waals surface area (Å²) < 4.78 is 5.62. The van der Waals surface area contributed by atoms with Gasteiger partial charge in [0.2, 0.25) is 0 Å². The first-order valence-electron chi connectivity index (χ1n) is 5.32. The summed E-state index contributed by atoms with van der Waals surface area (Å²) in [5.74, 6) is 1.02. The van der Waals surface area contributed by atoms with Gasteiger partial charge in [-0.3, -0.25) is 4.90 Å². The zero-order valence-electron chi connectivity index (χ0n) is 8.45. The average molecular weight is 211 g/mol. The molecule has 1 saturated heterocycles. The van der Waals surface area contributed by atoms with Gasteiger partial charge in [-0.25, -0.2) is 0 Å². The summed E-state index contributed by atoms with van der Waals surface area (Å²) in [5.41, 5.74) is 0. The van der Waals surface area contributed by atoms with E-state index in [1.54, 1.807) is 11.3 Å². The van der Waals surface area contributed by atoms with Crippen molar-refractivity contribution < 1.29 is 4.74 Å². The van der Waals surface area contributed by atoms with Gasteiger partial charge in [-0.15, -0.1) is 11.3 Å². The van der Waals surface area contributed by atoms with Crippen LogP contribution in [-0.4, -0.2) is 31.1 Å². The van der Waals surface area contributed by atoms with E-state index in [1.165, 1.54) is 32.4 Å². The van der Waals surface area contributed by atoms with Gasteiger partial charge in [0, 0.05) is 11.9 Å². The Bertz CT molecular complexity index is 242. The molecule has 1 aromatic heterocycles. The lowest BCUT2D eigenvalue weighted by molar-refractivity contribution is 0.183. The van der Waals surface area contributed by atoms with Crippen LogP contribution >= 0.6 is 11.3 Å². The Hall–Kier alpha value is -0.540. The fraction of sp³-hybridized carbons (Fsp3) is 0.636. The van der Waals surface area contributed by atoms with Crippen LogP contribution in [0.1, 0.15) is 19.3 Å². The fourth-order valence-corrected chi connectivity index (χ4v) is 2.38. The van der Waals surface area contributed by atoms with Crippen molar-refractivity contribution in [3.05, 3.63) is 16.8 Å². The average Bonchev–Trinajstić information content (AvgIpc) is 2.72. The minimum atomic E-state index is 0.830. The molecule has 0 spiro atoms. The molecule has 2 heterocycles. The summed E-state index contributed by atoms with van der Waals surface area (Å²) in [5, 5.41) is 4.10. The van der Waals surface area contributed by atoms with Gasteiger partial charge in [-0.05, 0) is 37.4 Å². The second-order valence-corrected chi connectivity index (χ2v) is 4.49. The molecular weight excluding hydrogens is 194 g/mol. The van der Waals surface area contributed by atoms with E-state index >= 15 is 0 Å². The zero-order valence-corrected chi connectivity index (χ0v) is 9.26. The predicted octanol–water partition coefficient (Wildman–Crippen LogP) is 2.61. The van der Waals surface area contributed by atoms with E-state index in [1.807, 2.05) is 6.07 Å². The molecule has 0 N–H and O–H groups in total. The summed E-state index contributed by atoms with van der Waals surface area (Å²) >= 11 is 1.69. The number of piperidine rings is 1. The van der Waals surface area contributed by atoms with Gasteiger partial charge in [-0.1, -0.05) is 6.42 Å². The molecule has 1 aromatic rings. The second-order valence-electron chi connectivity index (χ2n) is 3.71. The van der Waals surface area contributed by atoms with E-state index in [2.05, 4.69) is 15.7 Å². The molecule has 0 radical (unpaired) electrons. The molecule has 2 rings (SSSR count). The summed E-state index contributed by atoms with van der Waals surface area (Å²) in [6, 6.07) is 2.03. The number of thiophene rings is 1. The molecule has 1 fully saturated rings. The van der Waals surface area contributed by atoms with Crippen LogP contribution in [0, 0.1) is 0 Å². The van der Waals surface area contributed by atoms with E-state index < -0.39 is 0 Å². The molecule has 2 nitrogen and oxygen atoms in total. The largest absolute Gasteiger partial charge is 0.491 e. The van der Waals surface area contributed by atoms with E-state index in [9.17, 15) is 0 Å². The SMILES string of the molecule is c1cc(OCCN2CCCCC2)cs1. The number of likely N-dealkylation sites (tertiary alicyclic amines) is 1. The summed E-state index contributed by atoms with van der Waals surface area (Å²) in [7, 11) is 0. The predicted molar refractivity (Wildman–Crippen MR) is 60.1 cm³/mol. The first-order valence-corrected chi connectivity index (χ1v) is 6.27. The maximum atomic E-state index is 5.62. The van der Waals surface area contributed by atoms with E-state index in [-0.39, 0.29) is 0 Å². The Labute approximate surface area is 89.5 Å². The normalized spacial score (nSPS) is 18.3. The van der Waals surface area contributed by atoms with Crippen LogP contribution in [0.4, 0.5) is 0 Å². The van der Waals surface area contributed by atoms with Crippen LogP contribution in [0.15, 0.2) is 16.8 Å². The molecule has 3 heteroatoms. The lowest BCUT2D eigenvalue weighted by Crippen LogP contribution is -2.33. The van der Waals surface area contributed by atoms with Crippen molar-refractivity contribution >= 4 is 11.3 Å². The number of nitrogens with zero attached hydrogens (tertiary/aromatic N) is 1. The highest BCUT2D eigenvalue weighted by Crippen LogP contribution is 2.15. The highest BCUT2D eigenvalue weighted by Gasteiger charge is 2.09. The van der Waals surface area contributed by atoms with Crippen LogP contribution in [0.2, 0.25) is 0 Å². The molecule has 0 saturated carbocycles. The van der Waals surface area contributed by atoms with Gasteiger partial charge in [0.15, 0.2) is 0 Å². The van der Waals surface area contributed by atoms with Gasteiger partial charge in [0.25, 0.3) is 0 Å². The lowest BCUT2D eigenvalue weighted by Gasteiger charge is -2.25. The van der Waals surface area contributed by atoms with Gasteiger partial charge >= 0.3 is 0 Å². The Morgan fingerprint density at radius 2 is 2.14 bits per heavy atom. The topological polar surface area (TPSA) is 12.5 Å². The van der Waals surface area contributed by atoms with E-state index in [0.29, 0.717) is 0 Å². The first-order chi connectivity index (χ1) is 6.95. The van der Waals surface area contributed by atoms with Crippen molar-refractivity contribution in [3.63, 3.8) is 0 Å².